The van der Waals surface area contributed by atoms with Crippen LogP contribution < -0.4 is 0 Å². The fraction of sp³-hybridized carbons (Fsp3) is 0.429. The van der Waals surface area contributed by atoms with Gasteiger partial charge in [0.2, 0.25) is 0 Å². The third kappa shape index (κ3) is 7.28. The molecule has 1 aromatic rings. The lowest BCUT2D eigenvalue weighted by Crippen LogP contribution is -2.14. The zero-order chi connectivity index (χ0) is 15.5. The van der Waals surface area contributed by atoms with E-state index in [1.807, 2.05) is 19.9 Å². The Balaban J connectivity index is 2.15. The van der Waals surface area contributed by atoms with Gasteiger partial charge in [0, 0.05) is 6.61 Å². The van der Waals surface area contributed by atoms with Crippen molar-refractivity contribution in [3.05, 3.63) is 35.4 Å². The Morgan fingerprint density at radius 2 is 1.90 bits per heavy atom. The van der Waals surface area contributed by atoms with Crippen LogP contribution in [0.1, 0.15) is 29.3 Å². The largest absolute Gasteiger partial charge is 0.543 e. The smallest absolute Gasteiger partial charge is 0.430 e. The molecule has 0 atom stereocenters. The van der Waals surface area contributed by atoms with E-state index >= 15 is 0 Å². The van der Waals surface area contributed by atoms with Crippen LogP contribution in [0.5, 0.6) is 0 Å². The van der Waals surface area contributed by atoms with Gasteiger partial charge in [-0.2, -0.15) is 0 Å². The van der Waals surface area contributed by atoms with Crippen molar-refractivity contribution >= 4 is 12.1 Å². The first kappa shape index (κ1) is 16.9. The molecule has 0 fully saturated rings. The summed E-state index contributed by atoms with van der Waals surface area (Å²) >= 11 is 0. The monoisotopic (exact) mass is 298 g/mol. The van der Waals surface area contributed by atoms with E-state index in [4.69, 9.17) is 4.74 Å². The lowest BCUT2D eigenvalue weighted by atomic mass is 10.1. The molecule has 21 heavy (non-hydrogen) atoms. The van der Waals surface area contributed by atoms with Crippen molar-refractivity contribution in [1.29, 1.82) is 0 Å². The Bertz CT molecular complexity index is 458. The lowest BCUT2D eigenvalue weighted by molar-refractivity contribution is -0.452. The van der Waals surface area contributed by atoms with E-state index in [1.165, 1.54) is 0 Å². The molecule has 0 aromatic heterocycles. The molecule has 0 saturated carbocycles. The molecule has 0 N–H and O–H groups in total. The molecule has 0 spiro atoms. The predicted molar refractivity (Wildman–Crippen MR) is 71.2 cm³/mol. The van der Waals surface area contributed by atoms with Crippen molar-refractivity contribution in [1.82, 2.24) is 0 Å². The zero-order valence-corrected chi connectivity index (χ0v) is 12.0. The molecule has 0 radical (unpaired) electrons. The van der Waals surface area contributed by atoms with E-state index in [-0.39, 0.29) is 18.8 Å². The molecule has 0 aliphatic heterocycles. The number of aryl methyl sites for hydroxylation is 1. The van der Waals surface area contributed by atoms with Crippen LogP contribution in [0.25, 0.3) is 0 Å². The van der Waals surface area contributed by atoms with Crippen molar-refractivity contribution in [2.75, 3.05) is 19.8 Å². The molecular formula is C14H18O7. The molecule has 0 heterocycles. The number of hydrogen-bond donors (Lipinski definition) is 0. The number of rotatable bonds is 8. The van der Waals surface area contributed by atoms with Gasteiger partial charge in [-0.1, -0.05) is 24.6 Å². The van der Waals surface area contributed by atoms with Gasteiger partial charge in [0.25, 0.3) is 0 Å². The molecule has 7 nitrogen and oxygen atoms in total. The van der Waals surface area contributed by atoms with Gasteiger partial charge in [0.05, 0.1) is 17.2 Å². The van der Waals surface area contributed by atoms with Gasteiger partial charge in [-0.25, -0.2) is 14.5 Å². The van der Waals surface area contributed by atoms with Gasteiger partial charge < -0.3 is 9.47 Å². The second kappa shape index (κ2) is 9.73. The second-order valence-corrected chi connectivity index (χ2v) is 4.10. The van der Waals surface area contributed by atoms with Crippen LogP contribution >= 0.6 is 0 Å². The van der Waals surface area contributed by atoms with E-state index < -0.39 is 12.1 Å². The quantitative estimate of drug-likeness (QED) is 0.316. The van der Waals surface area contributed by atoms with Gasteiger partial charge in [-0.05, 0) is 25.5 Å². The Labute approximate surface area is 122 Å². The first-order valence-corrected chi connectivity index (χ1v) is 6.50. The molecular weight excluding hydrogens is 280 g/mol. The van der Waals surface area contributed by atoms with Gasteiger partial charge >= 0.3 is 12.1 Å². The van der Waals surface area contributed by atoms with Crippen molar-refractivity contribution in [3.8, 4) is 0 Å². The van der Waals surface area contributed by atoms with Crippen molar-refractivity contribution < 1.29 is 33.9 Å². The number of carbonyl (C=O) groups is 2. The Kier molecular flexibility index (Phi) is 7.85. The van der Waals surface area contributed by atoms with Gasteiger partial charge in [-0.15, -0.1) is 0 Å². The topological polar surface area (TPSA) is 80.3 Å². The summed E-state index contributed by atoms with van der Waals surface area (Å²) in [6.07, 6.45) is -0.241. The van der Waals surface area contributed by atoms with E-state index in [2.05, 4.69) is 19.6 Å². The van der Waals surface area contributed by atoms with Crippen LogP contribution in [0.15, 0.2) is 24.3 Å². The van der Waals surface area contributed by atoms with Crippen molar-refractivity contribution in [2.45, 2.75) is 20.3 Å². The molecule has 0 aliphatic carbocycles. The van der Waals surface area contributed by atoms with E-state index in [9.17, 15) is 9.59 Å². The molecule has 0 saturated heterocycles. The average Bonchev–Trinajstić information content (AvgIpc) is 2.47. The van der Waals surface area contributed by atoms with Crippen LogP contribution in [-0.2, 0) is 24.3 Å². The second-order valence-electron chi connectivity index (χ2n) is 4.10. The summed E-state index contributed by atoms with van der Waals surface area (Å²) in [7, 11) is 0. The maximum Gasteiger partial charge on any atom is 0.543 e. The van der Waals surface area contributed by atoms with Gasteiger partial charge in [-0.3, -0.25) is 4.89 Å². The number of ether oxygens (including phenoxy) is 2. The Hall–Kier alpha value is -2.12. The number of hydrogen-bond acceptors (Lipinski definition) is 7. The highest BCUT2D eigenvalue weighted by Crippen LogP contribution is 2.06. The van der Waals surface area contributed by atoms with E-state index in [0.29, 0.717) is 6.61 Å². The van der Waals surface area contributed by atoms with Crippen LogP contribution in [0, 0.1) is 6.92 Å². The summed E-state index contributed by atoms with van der Waals surface area (Å²) in [5.74, 6) is -0.780. The number of benzene rings is 1. The van der Waals surface area contributed by atoms with E-state index in [1.54, 1.807) is 18.2 Å². The Morgan fingerprint density at radius 3 is 2.62 bits per heavy atom. The molecule has 1 aromatic carbocycles. The normalized spacial score (nSPS) is 10.0. The van der Waals surface area contributed by atoms with E-state index in [0.717, 1.165) is 12.0 Å². The lowest BCUT2D eigenvalue weighted by Gasteiger charge is -2.05. The summed E-state index contributed by atoms with van der Waals surface area (Å²) in [6, 6.07) is 6.67. The minimum Gasteiger partial charge on any atom is -0.430 e. The molecule has 0 unspecified atom stereocenters. The summed E-state index contributed by atoms with van der Waals surface area (Å²) in [5, 5.41) is 4.06. The minimum absolute atomic E-state index is 0.0218. The van der Waals surface area contributed by atoms with Gasteiger partial charge in [0.15, 0.2) is 0 Å². The van der Waals surface area contributed by atoms with Crippen LogP contribution in [0.4, 0.5) is 4.79 Å². The number of carbonyl (C=O) groups excluding carboxylic acids is 2. The van der Waals surface area contributed by atoms with Crippen LogP contribution in [0.3, 0.4) is 0 Å². The average molecular weight is 298 g/mol. The van der Waals surface area contributed by atoms with Crippen molar-refractivity contribution in [3.63, 3.8) is 0 Å². The first-order chi connectivity index (χ1) is 10.1. The highest BCUT2D eigenvalue weighted by atomic mass is 17.5. The van der Waals surface area contributed by atoms with Crippen LogP contribution in [0.2, 0.25) is 0 Å². The maximum atomic E-state index is 11.5. The summed E-state index contributed by atoms with van der Waals surface area (Å²) in [4.78, 5) is 31.0. The molecule has 0 bridgehead atoms. The summed E-state index contributed by atoms with van der Waals surface area (Å²) in [5.41, 5.74) is 1.16. The molecule has 116 valence electrons. The molecule has 7 heteroatoms. The van der Waals surface area contributed by atoms with Gasteiger partial charge in [0.1, 0.15) is 6.61 Å². The highest BCUT2D eigenvalue weighted by molar-refractivity contribution is 5.89. The summed E-state index contributed by atoms with van der Waals surface area (Å²) in [6.45, 7) is 4.65. The predicted octanol–water partition coefficient (Wildman–Crippen LogP) is 2.58. The standard InChI is InChI=1S/C14H18O7/c1-3-7-17-8-9-18-14(16)20-21-19-13(15)12-6-4-5-11(2)10-12/h4-6,10H,3,7-9H2,1-2H3. The third-order valence-corrected chi connectivity index (χ3v) is 2.26. The maximum absolute atomic E-state index is 11.5. The minimum atomic E-state index is -1.12. The zero-order valence-electron chi connectivity index (χ0n) is 12.0. The fourth-order valence-corrected chi connectivity index (χ4v) is 1.35. The molecule has 0 aliphatic rings. The fourth-order valence-electron chi connectivity index (χ4n) is 1.35. The van der Waals surface area contributed by atoms with Crippen molar-refractivity contribution in [2.24, 2.45) is 0 Å². The Morgan fingerprint density at radius 1 is 1.10 bits per heavy atom. The summed E-state index contributed by atoms with van der Waals surface area (Å²) < 4.78 is 9.68. The van der Waals surface area contributed by atoms with Crippen LogP contribution in [-0.4, -0.2) is 31.9 Å². The third-order valence-electron chi connectivity index (χ3n) is 2.26. The highest BCUT2D eigenvalue weighted by Gasteiger charge is 2.11. The SMILES string of the molecule is CCCOCCOC(=O)OOOC(=O)c1cccc(C)c1. The first-order valence-electron chi connectivity index (χ1n) is 6.50. The molecule has 0 amide bonds. The molecule has 1 rings (SSSR count).